The van der Waals surface area contributed by atoms with E-state index in [1.165, 1.54) is 17.8 Å². The molecular weight excluding hydrogens is 460 g/mol. The highest BCUT2D eigenvalue weighted by molar-refractivity contribution is 9.10. The number of nitrogens with one attached hydrogen (secondary N) is 1. The maximum atomic E-state index is 13.1. The van der Waals surface area contributed by atoms with Crippen molar-refractivity contribution in [2.75, 3.05) is 24.1 Å². The van der Waals surface area contributed by atoms with Crippen molar-refractivity contribution >= 4 is 49.3 Å². The second kappa shape index (κ2) is 8.88. The van der Waals surface area contributed by atoms with E-state index in [2.05, 4.69) is 27.6 Å². The SMILES string of the molecule is CSc1ccc(S(=O)(=O)Nc2cccc(Br)c2)cc1C(=O)N1CCC(C)CC1. The summed E-state index contributed by atoms with van der Waals surface area (Å²) in [5.74, 6) is 0.515. The molecule has 3 rings (SSSR count). The van der Waals surface area contributed by atoms with E-state index in [0.717, 1.165) is 22.2 Å². The van der Waals surface area contributed by atoms with Crippen molar-refractivity contribution in [1.82, 2.24) is 4.90 Å². The molecule has 150 valence electrons. The van der Waals surface area contributed by atoms with Gasteiger partial charge in [0.25, 0.3) is 15.9 Å². The van der Waals surface area contributed by atoms with Crippen LogP contribution in [0.1, 0.15) is 30.1 Å². The van der Waals surface area contributed by atoms with Gasteiger partial charge < -0.3 is 4.90 Å². The van der Waals surface area contributed by atoms with Crippen molar-refractivity contribution in [3.05, 3.63) is 52.5 Å². The van der Waals surface area contributed by atoms with E-state index in [-0.39, 0.29) is 10.8 Å². The zero-order valence-electron chi connectivity index (χ0n) is 15.8. The van der Waals surface area contributed by atoms with E-state index < -0.39 is 10.0 Å². The van der Waals surface area contributed by atoms with Gasteiger partial charge in [0.05, 0.1) is 10.5 Å². The number of likely N-dealkylation sites (tertiary alicyclic amines) is 1. The van der Waals surface area contributed by atoms with Crippen molar-refractivity contribution in [3.8, 4) is 0 Å². The van der Waals surface area contributed by atoms with E-state index in [1.807, 2.05) is 17.2 Å². The molecule has 0 bridgehead atoms. The van der Waals surface area contributed by atoms with Gasteiger partial charge in [0.2, 0.25) is 0 Å². The molecular formula is C20H23BrN2O3S2. The molecule has 0 atom stereocenters. The predicted molar refractivity (Wildman–Crippen MR) is 117 cm³/mol. The minimum Gasteiger partial charge on any atom is -0.339 e. The molecule has 28 heavy (non-hydrogen) atoms. The largest absolute Gasteiger partial charge is 0.339 e. The van der Waals surface area contributed by atoms with E-state index in [4.69, 9.17) is 0 Å². The number of nitrogens with zero attached hydrogens (tertiary/aromatic N) is 1. The summed E-state index contributed by atoms with van der Waals surface area (Å²) in [5, 5.41) is 0. The average Bonchev–Trinajstić information content (AvgIpc) is 2.67. The Labute approximate surface area is 179 Å². The van der Waals surface area contributed by atoms with Crippen molar-refractivity contribution in [2.24, 2.45) is 5.92 Å². The van der Waals surface area contributed by atoms with Crippen molar-refractivity contribution in [3.63, 3.8) is 0 Å². The number of thioether (sulfide) groups is 1. The summed E-state index contributed by atoms with van der Waals surface area (Å²) >= 11 is 4.78. The summed E-state index contributed by atoms with van der Waals surface area (Å²) in [6.07, 6.45) is 3.84. The van der Waals surface area contributed by atoms with E-state index in [1.54, 1.807) is 30.3 Å². The number of sulfonamides is 1. The van der Waals surface area contributed by atoms with Crippen molar-refractivity contribution < 1.29 is 13.2 Å². The van der Waals surface area contributed by atoms with Crippen LogP contribution in [-0.2, 0) is 10.0 Å². The van der Waals surface area contributed by atoms with Gasteiger partial charge in [-0.05, 0) is 61.4 Å². The van der Waals surface area contributed by atoms with Gasteiger partial charge in [0, 0.05) is 28.1 Å². The van der Waals surface area contributed by atoms with E-state index >= 15 is 0 Å². The molecule has 1 amide bonds. The van der Waals surface area contributed by atoms with Crippen LogP contribution in [-0.4, -0.2) is 38.6 Å². The predicted octanol–water partition coefficient (Wildman–Crippen LogP) is 4.84. The Balaban J connectivity index is 1.90. The lowest BCUT2D eigenvalue weighted by atomic mass is 9.98. The smallest absolute Gasteiger partial charge is 0.261 e. The summed E-state index contributed by atoms with van der Waals surface area (Å²) in [6.45, 7) is 3.61. The Morgan fingerprint density at radius 1 is 1.18 bits per heavy atom. The number of piperidine rings is 1. The number of anilines is 1. The van der Waals surface area contributed by atoms with Crippen LogP contribution < -0.4 is 4.72 Å². The lowest BCUT2D eigenvalue weighted by molar-refractivity contribution is 0.0693. The van der Waals surface area contributed by atoms with Gasteiger partial charge in [-0.3, -0.25) is 9.52 Å². The summed E-state index contributed by atoms with van der Waals surface area (Å²) in [6, 6.07) is 11.7. The maximum absolute atomic E-state index is 13.1. The second-order valence-corrected chi connectivity index (χ2v) is 10.4. The van der Waals surface area contributed by atoms with Gasteiger partial charge >= 0.3 is 0 Å². The molecule has 0 aliphatic carbocycles. The lowest BCUT2D eigenvalue weighted by Gasteiger charge is -2.30. The zero-order chi connectivity index (χ0) is 20.3. The van der Waals surface area contributed by atoms with Crippen LogP contribution in [0.25, 0.3) is 0 Å². The average molecular weight is 483 g/mol. The summed E-state index contributed by atoms with van der Waals surface area (Å²) in [5.41, 5.74) is 0.903. The van der Waals surface area contributed by atoms with Gasteiger partial charge in [-0.2, -0.15) is 0 Å². The standard InChI is InChI=1S/C20H23BrN2O3S2/c1-14-8-10-23(11-9-14)20(24)18-13-17(6-7-19(18)27-2)28(25,26)22-16-5-3-4-15(21)12-16/h3-7,12-14,22H,8-11H2,1-2H3. The van der Waals surface area contributed by atoms with Crippen LogP contribution in [0.3, 0.4) is 0 Å². The summed E-state index contributed by atoms with van der Waals surface area (Å²) in [4.78, 5) is 15.8. The van der Waals surface area contributed by atoms with Crippen LogP contribution >= 0.6 is 27.7 Å². The number of carbonyl (C=O) groups is 1. The quantitative estimate of drug-likeness (QED) is 0.618. The molecule has 1 N–H and O–H groups in total. The molecule has 1 heterocycles. The number of carbonyl (C=O) groups excluding carboxylic acids is 1. The first-order valence-electron chi connectivity index (χ1n) is 9.06. The highest BCUT2D eigenvalue weighted by Crippen LogP contribution is 2.28. The Kier molecular flexibility index (Phi) is 6.73. The van der Waals surface area contributed by atoms with E-state index in [0.29, 0.717) is 30.3 Å². The fourth-order valence-electron chi connectivity index (χ4n) is 3.17. The highest BCUT2D eigenvalue weighted by Gasteiger charge is 2.25. The van der Waals surface area contributed by atoms with Crippen LogP contribution in [0, 0.1) is 5.92 Å². The fraction of sp³-hybridized carbons (Fsp3) is 0.350. The minimum absolute atomic E-state index is 0.0824. The molecule has 1 saturated heterocycles. The Morgan fingerprint density at radius 3 is 2.54 bits per heavy atom. The molecule has 0 aromatic heterocycles. The number of rotatable bonds is 5. The fourth-order valence-corrected chi connectivity index (χ4v) is 5.21. The molecule has 0 radical (unpaired) electrons. The molecule has 0 spiro atoms. The third kappa shape index (κ3) is 4.90. The Hall–Kier alpha value is -1.51. The number of amides is 1. The highest BCUT2D eigenvalue weighted by atomic mass is 79.9. The van der Waals surface area contributed by atoms with Gasteiger partial charge in [-0.1, -0.05) is 28.9 Å². The van der Waals surface area contributed by atoms with Crippen LogP contribution in [0.4, 0.5) is 5.69 Å². The zero-order valence-corrected chi connectivity index (χ0v) is 19.0. The van der Waals surface area contributed by atoms with Crippen molar-refractivity contribution in [1.29, 1.82) is 0 Å². The van der Waals surface area contributed by atoms with Gasteiger partial charge in [0.15, 0.2) is 0 Å². The summed E-state index contributed by atoms with van der Waals surface area (Å²) < 4.78 is 29.1. The first-order chi connectivity index (χ1) is 13.3. The maximum Gasteiger partial charge on any atom is 0.261 e. The second-order valence-electron chi connectivity index (χ2n) is 6.95. The van der Waals surface area contributed by atoms with Crippen LogP contribution in [0.15, 0.2) is 56.7 Å². The number of benzene rings is 2. The molecule has 2 aromatic rings. The first kappa shape index (κ1) is 21.2. The third-order valence-corrected chi connectivity index (χ3v) is 7.53. The van der Waals surface area contributed by atoms with Gasteiger partial charge in [-0.15, -0.1) is 11.8 Å². The number of hydrogen-bond acceptors (Lipinski definition) is 4. The molecule has 5 nitrogen and oxygen atoms in total. The molecule has 1 aliphatic rings. The molecule has 2 aromatic carbocycles. The molecule has 8 heteroatoms. The molecule has 0 saturated carbocycles. The van der Waals surface area contributed by atoms with Gasteiger partial charge in [0.1, 0.15) is 0 Å². The number of hydrogen-bond donors (Lipinski definition) is 1. The van der Waals surface area contributed by atoms with Crippen LogP contribution in [0.5, 0.6) is 0 Å². The molecule has 0 unspecified atom stereocenters. The molecule has 1 aliphatic heterocycles. The minimum atomic E-state index is -3.80. The first-order valence-corrected chi connectivity index (χ1v) is 12.6. The third-order valence-electron chi connectivity index (χ3n) is 4.86. The monoisotopic (exact) mass is 482 g/mol. The van der Waals surface area contributed by atoms with Gasteiger partial charge in [-0.25, -0.2) is 8.42 Å². The Bertz CT molecular complexity index is 971. The lowest BCUT2D eigenvalue weighted by Crippen LogP contribution is -2.38. The number of halogens is 1. The molecule has 1 fully saturated rings. The van der Waals surface area contributed by atoms with Crippen molar-refractivity contribution in [2.45, 2.75) is 29.6 Å². The normalized spacial score (nSPS) is 15.5. The van der Waals surface area contributed by atoms with Crippen LogP contribution in [0.2, 0.25) is 0 Å². The summed E-state index contributed by atoms with van der Waals surface area (Å²) in [7, 11) is -3.80. The Morgan fingerprint density at radius 2 is 1.89 bits per heavy atom. The topological polar surface area (TPSA) is 66.5 Å². The van der Waals surface area contributed by atoms with E-state index in [9.17, 15) is 13.2 Å².